The normalized spacial score (nSPS) is 12.2. The van der Waals surface area contributed by atoms with Crippen LogP contribution >= 0.6 is 11.8 Å². The summed E-state index contributed by atoms with van der Waals surface area (Å²) < 4.78 is 0. The van der Waals surface area contributed by atoms with E-state index in [1.807, 2.05) is 13.8 Å². The van der Waals surface area contributed by atoms with Gasteiger partial charge in [0.15, 0.2) is 0 Å². The van der Waals surface area contributed by atoms with E-state index in [4.69, 9.17) is 5.73 Å². The van der Waals surface area contributed by atoms with Crippen LogP contribution in [-0.4, -0.2) is 24.9 Å². The molecule has 1 aromatic carbocycles. The smallest absolute Gasteiger partial charge is 0.263 e. The van der Waals surface area contributed by atoms with Gasteiger partial charge in [0.05, 0.1) is 9.93 Å². The molecule has 0 radical (unpaired) electrons. The zero-order chi connectivity index (χ0) is 19.0. The summed E-state index contributed by atoms with van der Waals surface area (Å²) >= 11 is 1.18. The molecule has 0 aliphatic rings. The van der Waals surface area contributed by atoms with Gasteiger partial charge in [0, 0.05) is 30.5 Å². The molecule has 5 N–H and O–H groups in total. The molecule has 25 heavy (non-hydrogen) atoms. The fourth-order valence-electron chi connectivity index (χ4n) is 1.92. The van der Waals surface area contributed by atoms with Gasteiger partial charge >= 0.3 is 0 Å². The Balaban J connectivity index is 2.86. The molecule has 6 nitrogen and oxygen atoms in total. The van der Waals surface area contributed by atoms with Crippen LogP contribution in [0.3, 0.4) is 0 Å². The third-order valence-electron chi connectivity index (χ3n) is 3.60. The molecule has 0 aliphatic carbocycles. The van der Waals surface area contributed by atoms with Crippen molar-refractivity contribution >= 4 is 29.3 Å². The van der Waals surface area contributed by atoms with Crippen molar-refractivity contribution in [3.63, 3.8) is 0 Å². The van der Waals surface area contributed by atoms with Gasteiger partial charge in [-0.25, -0.2) is 0 Å². The van der Waals surface area contributed by atoms with Gasteiger partial charge in [0.25, 0.3) is 11.8 Å². The van der Waals surface area contributed by atoms with Gasteiger partial charge in [-0.3, -0.25) is 9.59 Å². The van der Waals surface area contributed by atoms with E-state index in [2.05, 4.69) is 29.5 Å². The molecular formula is C18H26N4O2S. The quantitative estimate of drug-likeness (QED) is 0.533. The molecule has 0 aromatic heterocycles. The molecule has 0 fully saturated rings. The highest BCUT2D eigenvalue weighted by molar-refractivity contribution is 8.07. The molecule has 7 heteroatoms. The molecule has 1 aromatic rings. The van der Waals surface area contributed by atoms with Gasteiger partial charge in [0.1, 0.15) is 0 Å². The van der Waals surface area contributed by atoms with Gasteiger partial charge < -0.3 is 21.7 Å². The van der Waals surface area contributed by atoms with E-state index in [0.717, 1.165) is 12.0 Å². The lowest BCUT2D eigenvalue weighted by molar-refractivity contribution is -0.112. The molecule has 0 unspecified atom stereocenters. The first-order chi connectivity index (χ1) is 11.8. The fraction of sp³-hybridized carbons (Fsp3) is 0.333. The Morgan fingerprint density at radius 3 is 2.64 bits per heavy atom. The number of aryl methyl sites for hydroxylation is 1. The Kier molecular flexibility index (Phi) is 8.07. The van der Waals surface area contributed by atoms with Crippen molar-refractivity contribution in [3.05, 3.63) is 52.0 Å². The molecule has 0 bridgehead atoms. The van der Waals surface area contributed by atoms with E-state index in [1.165, 1.54) is 18.0 Å². The average molecular weight is 362 g/mol. The third-order valence-corrected chi connectivity index (χ3v) is 4.51. The maximum Gasteiger partial charge on any atom is 0.263 e. The van der Waals surface area contributed by atoms with Gasteiger partial charge in [-0.2, -0.15) is 0 Å². The largest absolute Gasteiger partial charge is 0.404 e. The van der Waals surface area contributed by atoms with Crippen LogP contribution < -0.4 is 21.7 Å². The van der Waals surface area contributed by atoms with E-state index in [9.17, 15) is 9.59 Å². The second-order valence-corrected chi connectivity index (χ2v) is 6.71. The van der Waals surface area contributed by atoms with Crippen molar-refractivity contribution in [3.8, 4) is 0 Å². The molecule has 1 rings (SSSR count). The maximum atomic E-state index is 12.5. The number of anilines is 1. The average Bonchev–Trinajstić information content (AvgIpc) is 2.60. The summed E-state index contributed by atoms with van der Waals surface area (Å²) in [4.78, 5) is 24.6. The number of hydrogen-bond donors (Lipinski definition) is 4. The highest BCUT2D eigenvalue weighted by atomic mass is 32.2. The summed E-state index contributed by atoms with van der Waals surface area (Å²) in [6.07, 6.45) is 2.19. The summed E-state index contributed by atoms with van der Waals surface area (Å²) in [6.45, 7) is 9.85. The molecule has 136 valence electrons. The van der Waals surface area contributed by atoms with E-state index < -0.39 is 0 Å². The number of rotatable bonds is 8. The van der Waals surface area contributed by atoms with E-state index in [0.29, 0.717) is 21.2 Å². The predicted molar refractivity (Wildman–Crippen MR) is 105 cm³/mol. The van der Waals surface area contributed by atoms with Crippen molar-refractivity contribution in [1.29, 1.82) is 0 Å². The molecule has 1 atom stereocenters. The SMILES string of the molecule is C=C(N[C@H](C)CC)S/C(=C\N)C(=O)Nc1cc(C(=O)NC)ccc1C. The van der Waals surface area contributed by atoms with Crippen molar-refractivity contribution in [2.24, 2.45) is 5.73 Å². The molecule has 0 heterocycles. The Hall–Kier alpha value is -2.41. The standard InChI is InChI=1S/C18H26N4O2S/c1-6-12(3)21-13(4)25-16(10-19)18(24)22-15-9-14(17(23)20-5)8-7-11(15)2/h7-10,12,21H,4,6,19H2,1-3,5H3,(H,20,23)(H,22,24)/b16-10-/t12-/m1/s1. The maximum absolute atomic E-state index is 12.5. The number of carbonyl (C=O) groups excluding carboxylic acids is 2. The van der Waals surface area contributed by atoms with Crippen molar-refractivity contribution < 1.29 is 9.59 Å². The lowest BCUT2D eigenvalue weighted by atomic mass is 10.1. The summed E-state index contributed by atoms with van der Waals surface area (Å²) in [5.74, 6) is -0.567. The van der Waals surface area contributed by atoms with E-state index in [-0.39, 0.29) is 17.9 Å². The molecular weight excluding hydrogens is 336 g/mol. The first-order valence-electron chi connectivity index (χ1n) is 8.01. The third kappa shape index (κ3) is 6.19. The van der Waals surface area contributed by atoms with Crippen LogP contribution in [0.15, 0.2) is 40.9 Å². The number of thioether (sulfide) groups is 1. The lowest BCUT2D eigenvalue weighted by Crippen LogP contribution is -2.24. The Labute approximate surface area is 153 Å². The number of nitrogens with two attached hydrogens (primary N) is 1. The van der Waals surface area contributed by atoms with Crippen LogP contribution in [0, 0.1) is 6.92 Å². The van der Waals surface area contributed by atoms with Crippen molar-refractivity contribution in [2.75, 3.05) is 12.4 Å². The first-order valence-corrected chi connectivity index (χ1v) is 8.83. The molecule has 0 saturated carbocycles. The van der Waals surface area contributed by atoms with Crippen LogP contribution in [0.4, 0.5) is 5.69 Å². The highest BCUT2D eigenvalue weighted by Crippen LogP contribution is 2.25. The van der Waals surface area contributed by atoms with Crippen molar-refractivity contribution in [1.82, 2.24) is 10.6 Å². The minimum absolute atomic E-state index is 0.217. The molecule has 0 saturated heterocycles. The zero-order valence-electron chi connectivity index (χ0n) is 15.1. The summed E-state index contributed by atoms with van der Waals surface area (Å²) in [6, 6.07) is 5.38. The van der Waals surface area contributed by atoms with E-state index in [1.54, 1.807) is 25.2 Å². The van der Waals surface area contributed by atoms with Gasteiger partial charge in [-0.15, -0.1) is 0 Å². The van der Waals surface area contributed by atoms with Gasteiger partial charge in [-0.1, -0.05) is 31.3 Å². The van der Waals surface area contributed by atoms with Crippen LogP contribution in [0.5, 0.6) is 0 Å². The topological polar surface area (TPSA) is 96.2 Å². The van der Waals surface area contributed by atoms with Crippen molar-refractivity contribution in [2.45, 2.75) is 33.2 Å². The number of amides is 2. The second-order valence-electron chi connectivity index (χ2n) is 5.57. The zero-order valence-corrected chi connectivity index (χ0v) is 15.9. The predicted octanol–water partition coefficient (Wildman–Crippen LogP) is 2.69. The minimum atomic E-state index is -0.350. The Bertz CT molecular complexity index is 686. The van der Waals surface area contributed by atoms with Gasteiger partial charge in [0.2, 0.25) is 0 Å². The van der Waals surface area contributed by atoms with Gasteiger partial charge in [-0.05, 0) is 38.0 Å². The Morgan fingerprint density at radius 1 is 1.40 bits per heavy atom. The number of benzene rings is 1. The number of hydrogen-bond acceptors (Lipinski definition) is 5. The number of nitrogens with one attached hydrogen (secondary N) is 3. The van der Waals surface area contributed by atoms with Crippen LogP contribution in [0.1, 0.15) is 36.2 Å². The summed E-state index contributed by atoms with van der Waals surface area (Å²) in [5, 5.41) is 9.20. The van der Waals surface area contributed by atoms with Crippen LogP contribution in [0.25, 0.3) is 0 Å². The molecule has 0 aliphatic heterocycles. The first kappa shape index (κ1) is 20.6. The highest BCUT2D eigenvalue weighted by Gasteiger charge is 2.15. The lowest BCUT2D eigenvalue weighted by Gasteiger charge is -2.16. The fourth-order valence-corrected chi connectivity index (χ4v) is 2.66. The number of carbonyl (C=O) groups is 2. The summed E-state index contributed by atoms with van der Waals surface area (Å²) in [5.41, 5.74) is 7.48. The minimum Gasteiger partial charge on any atom is -0.404 e. The summed E-state index contributed by atoms with van der Waals surface area (Å²) in [7, 11) is 1.56. The molecule has 2 amide bonds. The van der Waals surface area contributed by atoms with Crippen LogP contribution in [-0.2, 0) is 4.79 Å². The van der Waals surface area contributed by atoms with E-state index >= 15 is 0 Å². The van der Waals surface area contributed by atoms with Crippen LogP contribution in [0.2, 0.25) is 0 Å². The molecule has 0 spiro atoms. The monoisotopic (exact) mass is 362 g/mol. The second kappa shape index (κ2) is 9.78. The Morgan fingerprint density at radius 2 is 2.08 bits per heavy atom.